The van der Waals surface area contributed by atoms with Crippen LogP contribution in [-0.4, -0.2) is 58.0 Å². The summed E-state index contributed by atoms with van der Waals surface area (Å²) in [5.41, 5.74) is 2.63. The molecule has 29 heavy (non-hydrogen) atoms. The minimum Gasteiger partial charge on any atom is -0.383 e. The lowest BCUT2D eigenvalue weighted by Crippen LogP contribution is -2.38. The van der Waals surface area contributed by atoms with Crippen LogP contribution in [-0.2, 0) is 27.7 Å². The average molecular weight is 417 g/mol. The van der Waals surface area contributed by atoms with Gasteiger partial charge in [0.1, 0.15) is 0 Å². The topological polar surface area (TPSA) is 49.9 Å². The number of hydrogen-bond donors (Lipinski definition) is 0. The Balaban J connectivity index is 1.49. The van der Waals surface area contributed by atoms with Gasteiger partial charge >= 0.3 is 0 Å². The van der Waals surface area contributed by atoms with E-state index >= 15 is 0 Å². The van der Waals surface area contributed by atoms with Gasteiger partial charge in [0.2, 0.25) is 10.0 Å². The number of nitrogens with zero attached hydrogens (tertiary/aromatic N) is 2. The van der Waals surface area contributed by atoms with Gasteiger partial charge in [-0.3, -0.25) is 4.90 Å². The SMILES string of the molecule is COCCN(C)Cc1ccc(CC2CCN(S(=O)(=O)c3ccccc3)CC2)cc1. The molecule has 0 aromatic heterocycles. The van der Waals surface area contributed by atoms with Crippen LogP contribution >= 0.6 is 0 Å². The van der Waals surface area contributed by atoms with E-state index in [0.29, 0.717) is 23.9 Å². The zero-order valence-corrected chi connectivity index (χ0v) is 18.3. The maximum Gasteiger partial charge on any atom is 0.243 e. The molecule has 0 saturated carbocycles. The molecule has 1 heterocycles. The van der Waals surface area contributed by atoms with E-state index in [1.54, 1.807) is 35.7 Å². The molecule has 0 amide bonds. The molecule has 5 nitrogen and oxygen atoms in total. The number of sulfonamides is 1. The molecule has 2 aromatic rings. The highest BCUT2D eigenvalue weighted by Crippen LogP contribution is 2.26. The van der Waals surface area contributed by atoms with E-state index in [0.717, 1.165) is 39.0 Å². The molecule has 158 valence electrons. The number of ether oxygens (including phenoxy) is 1. The number of likely N-dealkylation sites (N-methyl/N-ethyl adjacent to an activating group) is 1. The van der Waals surface area contributed by atoms with E-state index in [4.69, 9.17) is 4.74 Å². The van der Waals surface area contributed by atoms with Crippen molar-refractivity contribution in [3.8, 4) is 0 Å². The highest BCUT2D eigenvalue weighted by Gasteiger charge is 2.29. The summed E-state index contributed by atoms with van der Waals surface area (Å²) in [5, 5.41) is 0. The van der Waals surface area contributed by atoms with Gasteiger partial charge in [-0.15, -0.1) is 0 Å². The molecule has 1 fully saturated rings. The summed E-state index contributed by atoms with van der Waals surface area (Å²) in [4.78, 5) is 2.64. The fourth-order valence-electron chi connectivity index (χ4n) is 3.85. The van der Waals surface area contributed by atoms with Crippen molar-refractivity contribution in [2.45, 2.75) is 30.7 Å². The molecule has 6 heteroatoms. The summed E-state index contributed by atoms with van der Waals surface area (Å²) >= 11 is 0. The Hall–Kier alpha value is -1.73. The van der Waals surface area contributed by atoms with Crippen LogP contribution in [0.15, 0.2) is 59.5 Å². The van der Waals surface area contributed by atoms with Crippen molar-refractivity contribution in [2.24, 2.45) is 5.92 Å². The Labute approximate surface area is 175 Å². The van der Waals surface area contributed by atoms with Gasteiger partial charge in [-0.05, 0) is 55.5 Å². The van der Waals surface area contributed by atoms with E-state index < -0.39 is 10.0 Å². The van der Waals surface area contributed by atoms with Crippen molar-refractivity contribution in [1.29, 1.82) is 0 Å². The molecule has 0 bridgehead atoms. The minimum absolute atomic E-state index is 0.393. The Morgan fingerprint density at radius 1 is 1.00 bits per heavy atom. The smallest absolute Gasteiger partial charge is 0.243 e. The number of hydrogen-bond acceptors (Lipinski definition) is 4. The zero-order chi connectivity index (χ0) is 20.7. The molecule has 0 unspecified atom stereocenters. The third kappa shape index (κ3) is 6.12. The van der Waals surface area contributed by atoms with Crippen LogP contribution in [0.5, 0.6) is 0 Å². The third-order valence-corrected chi connectivity index (χ3v) is 7.54. The van der Waals surface area contributed by atoms with Crippen molar-refractivity contribution in [2.75, 3.05) is 40.4 Å². The highest BCUT2D eigenvalue weighted by atomic mass is 32.2. The maximum absolute atomic E-state index is 12.8. The fraction of sp³-hybridized carbons (Fsp3) is 0.478. The normalized spacial score (nSPS) is 16.4. The van der Waals surface area contributed by atoms with Crippen LogP contribution in [0.3, 0.4) is 0 Å². The first kappa shape index (κ1) is 22.0. The van der Waals surface area contributed by atoms with Crippen molar-refractivity contribution in [1.82, 2.24) is 9.21 Å². The largest absolute Gasteiger partial charge is 0.383 e. The third-order valence-electron chi connectivity index (χ3n) is 5.63. The molecule has 1 saturated heterocycles. The van der Waals surface area contributed by atoms with Gasteiger partial charge in [0.05, 0.1) is 11.5 Å². The van der Waals surface area contributed by atoms with Crippen LogP contribution in [0.1, 0.15) is 24.0 Å². The summed E-state index contributed by atoms with van der Waals surface area (Å²) in [6.07, 6.45) is 2.83. The van der Waals surface area contributed by atoms with Gasteiger partial charge in [-0.1, -0.05) is 42.5 Å². The Morgan fingerprint density at radius 3 is 2.24 bits per heavy atom. The Bertz CT molecular complexity index is 845. The summed E-state index contributed by atoms with van der Waals surface area (Å²) in [6, 6.07) is 17.6. The lowest BCUT2D eigenvalue weighted by Gasteiger charge is -2.31. The highest BCUT2D eigenvalue weighted by molar-refractivity contribution is 7.89. The predicted molar refractivity (Wildman–Crippen MR) is 116 cm³/mol. The first-order chi connectivity index (χ1) is 14.0. The van der Waals surface area contributed by atoms with Crippen molar-refractivity contribution >= 4 is 10.0 Å². The number of piperidine rings is 1. The van der Waals surface area contributed by atoms with E-state index in [1.165, 1.54) is 11.1 Å². The van der Waals surface area contributed by atoms with Crippen LogP contribution in [0.4, 0.5) is 0 Å². The first-order valence-electron chi connectivity index (χ1n) is 10.3. The van der Waals surface area contributed by atoms with E-state index in [-0.39, 0.29) is 0 Å². The van der Waals surface area contributed by atoms with Gasteiger partial charge in [0.25, 0.3) is 0 Å². The average Bonchev–Trinajstić information content (AvgIpc) is 2.75. The Morgan fingerprint density at radius 2 is 1.62 bits per heavy atom. The first-order valence-corrected chi connectivity index (χ1v) is 11.7. The van der Waals surface area contributed by atoms with Gasteiger partial charge in [-0.25, -0.2) is 8.42 Å². The van der Waals surface area contributed by atoms with Gasteiger partial charge in [0, 0.05) is 33.3 Å². The van der Waals surface area contributed by atoms with Crippen LogP contribution in [0, 0.1) is 5.92 Å². The summed E-state index contributed by atoms with van der Waals surface area (Å²) in [6.45, 7) is 3.78. The molecule has 0 spiro atoms. The van der Waals surface area contributed by atoms with Crippen LogP contribution < -0.4 is 0 Å². The molecule has 0 N–H and O–H groups in total. The molecule has 0 aliphatic carbocycles. The number of rotatable bonds is 9. The molecule has 1 aliphatic heterocycles. The molecular weight excluding hydrogens is 384 g/mol. The molecule has 2 aromatic carbocycles. The summed E-state index contributed by atoms with van der Waals surface area (Å²) < 4.78 is 32.3. The van der Waals surface area contributed by atoms with E-state index in [2.05, 4.69) is 36.2 Å². The van der Waals surface area contributed by atoms with Crippen molar-refractivity contribution in [3.05, 3.63) is 65.7 Å². The molecule has 1 aliphatic rings. The second-order valence-corrected chi connectivity index (χ2v) is 9.85. The second-order valence-electron chi connectivity index (χ2n) is 7.91. The predicted octanol–water partition coefficient (Wildman–Crippen LogP) is 3.41. The van der Waals surface area contributed by atoms with E-state index in [9.17, 15) is 8.42 Å². The zero-order valence-electron chi connectivity index (χ0n) is 17.5. The van der Waals surface area contributed by atoms with Gasteiger partial charge in [-0.2, -0.15) is 4.31 Å². The monoisotopic (exact) mass is 416 g/mol. The lowest BCUT2D eigenvalue weighted by atomic mass is 9.91. The quantitative estimate of drug-likeness (QED) is 0.629. The number of methoxy groups -OCH3 is 1. The maximum atomic E-state index is 12.8. The van der Waals surface area contributed by atoms with Crippen LogP contribution in [0.2, 0.25) is 0 Å². The van der Waals surface area contributed by atoms with Gasteiger partial charge in [0.15, 0.2) is 0 Å². The van der Waals surface area contributed by atoms with Crippen molar-refractivity contribution < 1.29 is 13.2 Å². The molecular formula is C23H32N2O3S. The molecule has 0 radical (unpaired) electrons. The summed E-state index contributed by atoms with van der Waals surface area (Å²) in [7, 11) is 0.465. The fourth-order valence-corrected chi connectivity index (χ4v) is 5.34. The lowest BCUT2D eigenvalue weighted by molar-refractivity contribution is 0.158. The standard InChI is InChI=1S/C23H32N2O3S/c1-24(16-17-28-2)19-22-10-8-20(9-11-22)18-21-12-14-25(15-13-21)29(26,27)23-6-4-3-5-7-23/h3-11,21H,12-19H2,1-2H3. The number of benzene rings is 2. The van der Waals surface area contributed by atoms with E-state index in [1.807, 2.05) is 6.07 Å². The Kier molecular flexibility index (Phi) is 7.84. The minimum atomic E-state index is -3.36. The van der Waals surface area contributed by atoms with Crippen molar-refractivity contribution in [3.63, 3.8) is 0 Å². The summed E-state index contributed by atoms with van der Waals surface area (Å²) in [5.74, 6) is 0.535. The second kappa shape index (κ2) is 10.3. The molecule has 3 rings (SSSR count). The van der Waals surface area contributed by atoms with Gasteiger partial charge < -0.3 is 4.74 Å². The van der Waals surface area contributed by atoms with Crippen LogP contribution in [0.25, 0.3) is 0 Å². The molecule has 0 atom stereocenters.